The second kappa shape index (κ2) is 12.7. The minimum absolute atomic E-state index is 0.0541. The summed E-state index contributed by atoms with van der Waals surface area (Å²) in [5, 5.41) is 15.6. The van der Waals surface area contributed by atoms with Gasteiger partial charge in [-0.15, -0.1) is 0 Å². The summed E-state index contributed by atoms with van der Waals surface area (Å²) in [5.74, 6) is -0.198. The van der Waals surface area contributed by atoms with E-state index in [9.17, 15) is 19.2 Å². The van der Waals surface area contributed by atoms with Gasteiger partial charge >= 0.3 is 0 Å². The van der Waals surface area contributed by atoms with Crippen molar-refractivity contribution in [2.24, 2.45) is 5.92 Å². The molecule has 1 aliphatic rings. The molecule has 8 nitrogen and oxygen atoms in total. The number of hydrogen-bond acceptors (Lipinski definition) is 5. The zero-order valence-electron chi connectivity index (χ0n) is 21.6. The number of nitrogens with one attached hydrogen (secondary N) is 2. The molecule has 1 aromatic carbocycles. The second-order valence-corrected chi connectivity index (χ2v) is 9.52. The SMILES string of the molecule is Cc1c(C#N)c(NC(=O)CN2CCC(C(=O)NCCCOC(C)C)CC2)n(-c2ccc(F)cc2)c1C. The molecule has 1 saturated heterocycles. The molecule has 2 amide bonds. The molecule has 3 rings (SSSR count). The van der Waals surface area contributed by atoms with Gasteiger partial charge in [0.25, 0.3) is 0 Å². The number of amides is 2. The van der Waals surface area contributed by atoms with Gasteiger partial charge in [0, 0.05) is 30.5 Å². The lowest BCUT2D eigenvalue weighted by molar-refractivity contribution is -0.126. The van der Waals surface area contributed by atoms with E-state index in [1.165, 1.54) is 12.1 Å². The Morgan fingerprint density at radius 3 is 2.47 bits per heavy atom. The van der Waals surface area contributed by atoms with Crippen LogP contribution in [0.3, 0.4) is 0 Å². The van der Waals surface area contributed by atoms with Crippen molar-refractivity contribution in [1.29, 1.82) is 5.26 Å². The maximum Gasteiger partial charge on any atom is 0.239 e. The minimum Gasteiger partial charge on any atom is -0.379 e. The van der Waals surface area contributed by atoms with Crippen LogP contribution >= 0.6 is 0 Å². The summed E-state index contributed by atoms with van der Waals surface area (Å²) in [5.41, 5.74) is 2.62. The van der Waals surface area contributed by atoms with E-state index in [4.69, 9.17) is 4.74 Å². The molecule has 194 valence electrons. The van der Waals surface area contributed by atoms with Crippen LogP contribution in [0.5, 0.6) is 0 Å². The predicted molar refractivity (Wildman–Crippen MR) is 136 cm³/mol. The number of nitrogens with zero attached hydrogens (tertiary/aromatic N) is 3. The van der Waals surface area contributed by atoms with Crippen LogP contribution < -0.4 is 10.6 Å². The van der Waals surface area contributed by atoms with Crippen LogP contribution in [-0.4, -0.2) is 60.2 Å². The molecule has 0 atom stereocenters. The third-order valence-corrected chi connectivity index (χ3v) is 6.57. The summed E-state index contributed by atoms with van der Waals surface area (Å²) in [7, 11) is 0. The number of anilines is 1. The van der Waals surface area contributed by atoms with Crippen molar-refractivity contribution in [1.82, 2.24) is 14.8 Å². The predicted octanol–water partition coefficient (Wildman–Crippen LogP) is 3.69. The molecule has 1 aliphatic heterocycles. The van der Waals surface area contributed by atoms with Gasteiger partial charge in [0.2, 0.25) is 11.8 Å². The third kappa shape index (κ3) is 6.93. The third-order valence-electron chi connectivity index (χ3n) is 6.57. The Hall–Kier alpha value is -3.22. The number of ether oxygens (including phenoxy) is 1. The van der Waals surface area contributed by atoms with Crippen LogP contribution in [0.1, 0.15) is 49.9 Å². The summed E-state index contributed by atoms with van der Waals surface area (Å²) < 4.78 is 20.7. The van der Waals surface area contributed by atoms with Gasteiger partial charge in [0.1, 0.15) is 17.7 Å². The number of halogens is 1. The zero-order valence-corrected chi connectivity index (χ0v) is 21.6. The largest absolute Gasteiger partial charge is 0.379 e. The van der Waals surface area contributed by atoms with Crippen LogP contribution in [0.15, 0.2) is 24.3 Å². The molecule has 0 radical (unpaired) electrons. The monoisotopic (exact) mass is 497 g/mol. The van der Waals surface area contributed by atoms with Gasteiger partial charge < -0.3 is 15.4 Å². The highest BCUT2D eigenvalue weighted by molar-refractivity contribution is 5.93. The lowest BCUT2D eigenvalue weighted by atomic mass is 9.96. The first-order chi connectivity index (χ1) is 17.2. The van der Waals surface area contributed by atoms with Gasteiger partial charge in [0.05, 0.1) is 18.2 Å². The van der Waals surface area contributed by atoms with E-state index in [-0.39, 0.29) is 36.2 Å². The molecule has 0 saturated carbocycles. The Labute approximate surface area is 212 Å². The van der Waals surface area contributed by atoms with Gasteiger partial charge in [-0.3, -0.25) is 19.1 Å². The molecule has 1 aromatic heterocycles. The van der Waals surface area contributed by atoms with Crippen LogP contribution in [0, 0.1) is 36.9 Å². The molecular weight excluding hydrogens is 461 g/mol. The van der Waals surface area contributed by atoms with Crippen molar-refractivity contribution < 1.29 is 18.7 Å². The molecule has 9 heteroatoms. The fourth-order valence-electron chi connectivity index (χ4n) is 4.45. The standard InChI is InChI=1S/C27H36FN5O3/c1-18(2)36-15-5-12-30-27(35)21-10-13-32(14-11-21)17-25(34)31-26-24(16-29)19(3)20(4)33(26)23-8-6-22(28)7-9-23/h6-9,18,21H,5,10-15,17H2,1-4H3,(H,30,35)(H,31,34). The highest BCUT2D eigenvalue weighted by atomic mass is 19.1. The summed E-state index contributed by atoms with van der Waals surface area (Å²) >= 11 is 0. The molecule has 2 aromatic rings. The minimum atomic E-state index is -0.358. The molecule has 0 aliphatic carbocycles. The van der Waals surface area contributed by atoms with Crippen LogP contribution in [0.2, 0.25) is 0 Å². The first-order valence-electron chi connectivity index (χ1n) is 12.5. The molecule has 0 unspecified atom stereocenters. The normalized spacial score (nSPS) is 14.6. The Bertz CT molecular complexity index is 1100. The maximum absolute atomic E-state index is 13.5. The Morgan fingerprint density at radius 1 is 1.19 bits per heavy atom. The molecule has 2 heterocycles. The fraction of sp³-hybridized carbons (Fsp3) is 0.519. The molecule has 0 spiro atoms. The van der Waals surface area contributed by atoms with Crippen molar-refractivity contribution in [2.45, 2.75) is 53.1 Å². The molecule has 2 N–H and O–H groups in total. The van der Waals surface area contributed by atoms with Gasteiger partial charge in [-0.25, -0.2) is 4.39 Å². The number of benzene rings is 1. The maximum atomic E-state index is 13.5. The topological polar surface area (TPSA) is 99.4 Å². The highest BCUT2D eigenvalue weighted by Gasteiger charge is 2.27. The lowest BCUT2D eigenvalue weighted by Crippen LogP contribution is -2.43. The van der Waals surface area contributed by atoms with E-state index >= 15 is 0 Å². The van der Waals surface area contributed by atoms with E-state index in [1.807, 2.05) is 32.6 Å². The Kier molecular flexibility index (Phi) is 9.62. The van der Waals surface area contributed by atoms with E-state index in [1.54, 1.807) is 16.7 Å². The Balaban J connectivity index is 1.55. The smallest absolute Gasteiger partial charge is 0.239 e. The van der Waals surface area contributed by atoms with E-state index in [2.05, 4.69) is 16.7 Å². The van der Waals surface area contributed by atoms with E-state index in [0.717, 1.165) is 17.7 Å². The van der Waals surface area contributed by atoms with Crippen molar-refractivity contribution in [3.63, 3.8) is 0 Å². The van der Waals surface area contributed by atoms with Crippen molar-refractivity contribution in [2.75, 3.05) is 38.1 Å². The molecule has 1 fully saturated rings. The van der Waals surface area contributed by atoms with Gasteiger partial charge in [-0.2, -0.15) is 5.26 Å². The fourth-order valence-corrected chi connectivity index (χ4v) is 4.45. The van der Waals surface area contributed by atoms with Crippen LogP contribution in [0.25, 0.3) is 5.69 Å². The number of nitriles is 1. The van der Waals surface area contributed by atoms with Gasteiger partial charge in [-0.05, 0) is 89.9 Å². The number of aromatic nitrogens is 1. The summed E-state index contributed by atoms with van der Waals surface area (Å²) in [6.07, 6.45) is 2.35. The first-order valence-corrected chi connectivity index (χ1v) is 12.5. The number of likely N-dealkylation sites (tertiary alicyclic amines) is 1. The second-order valence-electron chi connectivity index (χ2n) is 9.52. The number of piperidine rings is 1. The Morgan fingerprint density at radius 2 is 1.86 bits per heavy atom. The average Bonchev–Trinajstić information content (AvgIpc) is 3.08. The van der Waals surface area contributed by atoms with Crippen molar-refractivity contribution >= 4 is 17.6 Å². The van der Waals surface area contributed by atoms with E-state index in [0.29, 0.717) is 56.2 Å². The molecule has 0 bridgehead atoms. The van der Waals surface area contributed by atoms with Crippen molar-refractivity contribution in [3.8, 4) is 11.8 Å². The summed E-state index contributed by atoms with van der Waals surface area (Å²) in [4.78, 5) is 27.4. The van der Waals surface area contributed by atoms with Crippen LogP contribution in [0.4, 0.5) is 10.2 Å². The molecular formula is C27H36FN5O3. The number of carbonyl (C=O) groups is 2. The lowest BCUT2D eigenvalue weighted by Gasteiger charge is -2.30. The first kappa shape index (κ1) is 27.4. The highest BCUT2D eigenvalue weighted by Crippen LogP contribution is 2.30. The van der Waals surface area contributed by atoms with Gasteiger partial charge in [-0.1, -0.05) is 0 Å². The van der Waals surface area contributed by atoms with Gasteiger partial charge in [0.15, 0.2) is 0 Å². The average molecular weight is 498 g/mol. The van der Waals surface area contributed by atoms with Crippen molar-refractivity contribution in [3.05, 3.63) is 46.9 Å². The number of carbonyl (C=O) groups excluding carboxylic acids is 2. The summed E-state index contributed by atoms with van der Waals surface area (Å²) in [6, 6.07) is 8.12. The number of hydrogen-bond donors (Lipinski definition) is 2. The molecule has 36 heavy (non-hydrogen) atoms. The number of rotatable bonds is 10. The van der Waals surface area contributed by atoms with Crippen LogP contribution in [-0.2, 0) is 14.3 Å². The zero-order chi connectivity index (χ0) is 26.2. The summed E-state index contributed by atoms with van der Waals surface area (Å²) in [6.45, 7) is 10.3. The van der Waals surface area contributed by atoms with E-state index < -0.39 is 0 Å². The quantitative estimate of drug-likeness (QED) is 0.488.